The van der Waals surface area contributed by atoms with Crippen molar-refractivity contribution in [2.75, 3.05) is 19.5 Å². The highest BCUT2D eigenvalue weighted by Crippen LogP contribution is 2.30. The molecule has 3 aromatic rings. The summed E-state index contributed by atoms with van der Waals surface area (Å²) in [6, 6.07) is 9.51. The molecule has 0 aliphatic rings. The molecule has 0 atom stereocenters. The second-order valence-corrected chi connectivity index (χ2v) is 5.34. The van der Waals surface area contributed by atoms with E-state index in [2.05, 4.69) is 10.3 Å². The molecule has 2 N–H and O–H groups in total. The van der Waals surface area contributed by atoms with Crippen molar-refractivity contribution in [2.45, 2.75) is 6.92 Å². The van der Waals surface area contributed by atoms with Gasteiger partial charge in [-0.3, -0.25) is 4.79 Å². The maximum atomic E-state index is 13.3. The number of fused-ring (bicyclic) bond motifs is 1. The van der Waals surface area contributed by atoms with Crippen LogP contribution < -0.4 is 14.8 Å². The van der Waals surface area contributed by atoms with Gasteiger partial charge >= 0.3 is 0 Å². The van der Waals surface area contributed by atoms with Crippen molar-refractivity contribution in [3.8, 4) is 11.5 Å². The van der Waals surface area contributed by atoms with Gasteiger partial charge in [-0.2, -0.15) is 0 Å². The van der Waals surface area contributed by atoms with Crippen LogP contribution in [-0.2, 0) is 0 Å². The third kappa shape index (κ3) is 2.78. The fourth-order valence-electron chi connectivity index (χ4n) is 2.64. The quantitative estimate of drug-likeness (QED) is 0.764. The lowest BCUT2D eigenvalue weighted by atomic mass is 10.1. The Morgan fingerprint density at radius 2 is 1.83 bits per heavy atom. The van der Waals surface area contributed by atoms with Crippen molar-refractivity contribution in [1.82, 2.24) is 4.98 Å². The minimum atomic E-state index is -0.351. The van der Waals surface area contributed by atoms with Crippen molar-refractivity contribution < 1.29 is 18.7 Å². The van der Waals surface area contributed by atoms with Crippen LogP contribution in [0, 0.1) is 12.7 Å². The summed E-state index contributed by atoms with van der Waals surface area (Å²) >= 11 is 0. The van der Waals surface area contributed by atoms with E-state index in [1.54, 1.807) is 31.4 Å². The Balaban J connectivity index is 1.91. The van der Waals surface area contributed by atoms with Gasteiger partial charge in [0.1, 0.15) is 11.5 Å². The average molecular weight is 328 g/mol. The lowest BCUT2D eigenvalue weighted by Gasteiger charge is -2.10. The molecule has 0 unspecified atom stereocenters. The van der Waals surface area contributed by atoms with Gasteiger partial charge in [0.15, 0.2) is 11.5 Å². The predicted octanol–water partition coefficient (Wildman–Crippen LogP) is 3.88. The SMILES string of the molecule is COc1ccc(NC(=O)c2[nH]c3cc(F)ccc3c2C)cc1OC. The van der Waals surface area contributed by atoms with E-state index in [1.165, 1.54) is 19.2 Å². The molecule has 0 aliphatic carbocycles. The molecule has 6 heteroatoms. The summed E-state index contributed by atoms with van der Waals surface area (Å²) in [7, 11) is 3.07. The number of hydrogen-bond donors (Lipinski definition) is 2. The average Bonchev–Trinajstić information content (AvgIpc) is 2.90. The third-order valence-electron chi connectivity index (χ3n) is 3.89. The van der Waals surface area contributed by atoms with E-state index in [9.17, 15) is 9.18 Å². The van der Waals surface area contributed by atoms with E-state index in [1.807, 2.05) is 6.92 Å². The lowest BCUT2D eigenvalue weighted by Crippen LogP contribution is -2.13. The molecule has 24 heavy (non-hydrogen) atoms. The summed E-state index contributed by atoms with van der Waals surface area (Å²) in [6.45, 7) is 1.82. The van der Waals surface area contributed by atoms with E-state index in [-0.39, 0.29) is 11.7 Å². The van der Waals surface area contributed by atoms with Crippen LogP contribution in [0.15, 0.2) is 36.4 Å². The van der Waals surface area contributed by atoms with Crippen molar-refractivity contribution in [1.29, 1.82) is 0 Å². The van der Waals surface area contributed by atoms with Gasteiger partial charge in [0.25, 0.3) is 5.91 Å². The molecule has 1 aromatic heterocycles. The number of H-pyrrole nitrogens is 1. The Hall–Kier alpha value is -3.02. The molecule has 0 saturated heterocycles. The Labute approximate surface area is 138 Å². The van der Waals surface area contributed by atoms with Gasteiger partial charge in [-0.15, -0.1) is 0 Å². The summed E-state index contributed by atoms with van der Waals surface area (Å²) in [5.41, 5.74) is 2.32. The topological polar surface area (TPSA) is 63.3 Å². The van der Waals surface area contributed by atoms with Crippen molar-refractivity contribution >= 4 is 22.5 Å². The number of ether oxygens (including phenoxy) is 2. The Kier molecular flexibility index (Phi) is 4.12. The molecule has 0 spiro atoms. The van der Waals surface area contributed by atoms with E-state index in [0.29, 0.717) is 28.4 Å². The summed E-state index contributed by atoms with van der Waals surface area (Å²) in [5.74, 6) is 0.436. The second-order valence-electron chi connectivity index (χ2n) is 5.34. The first-order chi connectivity index (χ1) is 11.5. The number of amides is 1. The van der Waals surface area contributed by atoms with Gasteiger partial charge in [-0.1, -0.05) is 0 Å². The molecule has 0 radical (unpaired) electrons. The first-order valence-electron chi connectivity index (χ1n) is 7.34. The van der Waals surface area contributed by atoms with Crippen LogP contribution in [0.4, 0.5) is 10.1 Å². The first-order valence-corrected chi connectivity index (χ1v) is 7.34. The smallest absolute Gasteiger partial charge is 0.272 e. The summed E-state index contributed by atoms with van der Waals surface area (Å²) in [6.07, 6.45) is 0. The summed E-state index contributed by atoms with van der Waals surface area (Å²) < 4.78 is 23.7. The molecule has 1 amide bonds. The molecule has 5 nitrogen and oxygen atoms in total. The van der Waals surface area contributed by atoms with Crippen LogP contribution in [0.1, 0.15) is 16.1 Å². The third-order valence-corrected chi connectivity index (χ3v) is 3.89. The summed E-state index contributed by atoms with van der Waals surface area (Å²) in [4.78, 5) is 15.5. The first kappa shape index (κ1) is 15.9. The van der Waals surface area contributed by atoms with Crippen LogP contribution in [0.25, 0.3) is 10.9 Å². The number of methoxy groups -OCH3 is 2. The Morgan fingerprint density at radius 1 is 1.08 bits per heavy atom. The fraction of sp³-hybridized carbons (Fsp3) is 0.167. The van der Waals surface area contributed by atoms with Crippen LogP contribution >= 0.6 is 0 Å². The van der Waals surface area contributed by atoms with Gasteiger partial charge in [-0.05, 0) is 42.8 Å². The molecule has 0 bridgehead atoms. The van der Waals surface area contributed by atoms with Crippen molar-refractivity contribution in [3.63, 3.8) is 0 Å². The van der Waals surface area contributed by atoms with Crippen LogP contribution in [0.2, 0.25) is 0 Å². The van der Waals surface area contributed by atoms with Gasteiger partial charge in [-0.25, -0.2) is 4.39 Å². The molecule has 3 rings (SSSR count). The van der Waals surface area contributed by atoms with E-state index in [4.69, 9.17) is 9.47 Å². The zero-order valence-corrected chi connectivity index (χ0v) is 13.6. The minimum absolute atomic E-state index is 0.309. The molecule has 2 aromatic carbocycles. The predicted molar refractivity (Wildman–Crippen MR) is 90.5 cm³/mol. The number of carbonyl (C=O) groups is 1. The zero-order valence-electron chi connectivity index (χ0n) is 13.6. The van der Waals surface area contributed by atoms with Gasteiger partial charge in [0.2, 0.25) is 0 Å². The molecule has 1 heterocycles. The fourth-order valence-corrected chi connectivity index (χ4v) is 2.64. The number of aromatic amines is 1. The molecule has 124 valence electrons. The van der Waals surface area contributed by atoms with Gasteiger partial charge < -0.3 is 19.8 Å². The molecular formula is C18H17FN2O3. The van der Waals surface area contributed by atoms with Crippen LogP contribution in [0.3, 0.4) is 0 Å². The normalized spacial score (nSPS) is 10.7. The van der Waals surface area contributed by atoms with Crippen molar-refractivity contribution in [3.05, 3.63) is 53.5 Å². The van der Waals surface area contributed by atoms with Gasteiger partial charge in [0, 0.05) is 22.7 Å². The number of benzene rings is 2. The molecule has 0 saturated carbocycles. The number of aryl methyl sites for hydroxylation is 1. The monoisotopic (exact) mass is 328 g/mol. The van der Waals surface area contributed by atoms with Crippen LogP contribution in [0.5, 0.6) is 11.5 Å². The highest BCUT2D eigenvalue weighted by atomic mass is 19.1. The minimum Gasteiger partial charge on any atom is -0.493 e. The Morgan fingerprint density at radius 3 is 2.54 bits per heavy atom. The largest absolute Gasteiger partial charge is 0.493 e. The number of hydrogen-bond acceptors (Lipinski definition) is 3. The van der Waals surface area contributed by atoms with Crippen LogP contribution in [-0.4, -0.2) is 25.1 Å². The number of nitrogens with one attached hydrogen (secondary N) is 2. The number of rotatable bonds is 4. The standard InChI is InChI=1S/C18H17FN2O3/c1-10-13-6-4-11(19)8-14(13)21-17(10)18(22)20-12-5-7-15(23-2)16(9-12)24-3/h4-9,21H,1-3H3,(H,20,22). The van der Waals surface area contributed by atoms with Gasteiger partial charge in [0.05, 0.1) is 14.2 Å². The maximum Gasteiger partial charge on any atom is 0.272 e. The molecule has 0 fully saturated rings. The molecule has 0 aliphatic heterocycles. The zero-order chi connectivity index (χ0) is 17.3. The summed E-state index contributed by atoms with van der Waals surface area (Å²) in [5, 5.41) is 3.61. The van der Waals surface area contributed by atoms with E-state index >= 15 is 0 Å². The van der Waals surface area contributed by atoms with Crippen molar-refractivity contribution in [2.24, 2.45) is 0 Å². The Bertz CT molecular complexity index is 918. The van der Waals surface area contributed by atoms with E-state index in [0.717, 1.165) is 10.9 Å². The second kappa shape index (κ2) is 6.23. The number of anilines is 1. The number of aromatic nitrogens is 1. The maximum absolute atomic E-state index is 13.3. The van der Waals surface area contributed by atoms with E-state index < -0.39 is 0 Å². The highest BCUT2D eigenvalue weighted by molar-refractivity contribution is 6.07. The highest BCUT2D eigenvalue weighted by Gasteiger charge is 2.16. The lowest BCUT2D eigenvalue weighted by molar-refractivity contribution is 0.102. The molecular weight excluding hydrogens is 311 g/mol. The number of carbonyl (C=O) groups excluding carboxylic acids is 1. The number of halogens is 1.